The molecule has 1 nitrogen and oxygen atoms in total. The Morgan fingerprint density at radius 1 is 0.826 bits per heavy atom. The lowest BCUT2D eigenvalue weighted by molar-refractivity contribution is 0.415. The highest BCUT2D eigenvalue weighted by atomic mass is 28.3. The first-order chi connectivity index (χ1) is 11.2. The van der Waals surface area contributed by atoms with Gasteiger partial charge in [0.15, 0.2) is 0 Å². The summed E-state index contributed by atoms with van der Waals surface area (Å²) in [6.07, 6.45) is 0. The number of hydrogen-bond acceptors (Lipinski definition) is 1. The molecule has 2 heteroatoms. The van der Waals surface area contributed by atoms with Crippen LogP contribution in [0.2, 0.25) is 18.1 Å². The minimum Gasteiger partial charge on any atom is -0.497 e. The minimum absolute atomic E-state index is 0.908. The van der Waals surface area contributed by atoms with Crippen LogP contribution in [0.15, 0.2) is 60.3 Å². The van der Waals surface area contributed by atoms with Gasteiger partial charge in [-0.3, -0.25) is 0 Å². The van der Waals surface area contributed by atoms with Crippen molar-refractivity contribution in [2.24, 2.45) is 0 Å². The van der Waals surface area contributed by atoms with E-state index in [1.54, 1.807) is 7.11 Å². The van der Waals surface area contributed by atoms with E-state index in [0.29, 0.717) is 0 Å². The predicted molar refractivity (Wildman–Crippen MR) is 104 cm³/mol. The SMILES string of the molecule is CC[Si](/C=C(/c1ccccc1)c1ccc(OC)cc1)(CC)CC. The zero-order valence-corrected chi connectivity index (χ0v) is 15.8. The molecule has 0 N–H and O–H groups in total. The maximum atomic E-state index is 5.31. The summed E-state index contributed by atoms with van der Waals surface area (Å²) in [7, 11) is 0.353. The van der Waals surface area contributed by atoms with Crippen LogP contribution in [0.3, 0.4) is 0 Å². The van der Waals surface area contributed by atoms with E-state index in [4.69, 9.17) is 4.74 Å². The molecule has 0 amide bonds. The molecule has 0 heterocycles. The van der Waals surface area contributed by atoms with E-state index in [1.165, 1.54) is 34.8 Å². The number of methoxy groups -OCH3 is 1. The predicted octanol–water partition coefficient (Wildman–Crippen LogP) is 6.17. The normalized spacial score (nSPS) is 12.3. The van der Waals surface area contributed by atoms with Crippen molar-refractivity contribution in [3.63, 3.8) is 0 Å². The Kier molecular flexibility index (Phi) is 6.23. The van der Waals surface area contributed by atoms with Crippen molar-refractivity contribution in [2.75, 3.05) is 7.11 Å². The molecule has 0 atom stereocenters. The summed E-state index contributed by atoms with van der Waals surface area (Å²) in [6, 6.07) is 23.1. The van der Waals surface area contributed by atoms with Gasteiger partial charge in [0.2, 0.25) is 0 Å². The molecule has 0 aromatic heterocycles. The zero-order valence-electron chi connectivity index (χ0n) is 14.8. The molecule has 0 saturated heterocycles. The Morgan fingerprint density at radius 3 is 1.83 bits per heavy atom. The van der Waals surface area contributed by atoms with Gasteiger partial charge in [0.25, 0.3) is 0 Å². The van der Waals surface area contributed by atoms with Crippen LogP contribution in [0, 0.1) is 0 Å². The third-order valence-corrected chi connectivity index (χ3v) is 10.2. The molecule has 0 unspecified atom stereocenters. The first-order valence-electron chi connectivity index (χ1n) is 8.60. The summed E-state index contributed by atoms with van der Waals surface area (Å²) < 4.78 is 5.31. The van der Waals surface area contributed by atoms with Gasteiger partial charge >= 0.3 is 0 Å². The molecular weight excluding hydrogens is 296 g/mol. The molecule has 0 aliphatic carbocycles. The fourth-order valence-corrected chi connectivity index (χ4v) is 6.14. The largest absolute Gasteiger partial charge is 0.497 e. The van der Waals surface area contributed by atoms with Crippen LogP contribution >= 0.6 is 0 Å². The van der Waals surface area contributed by atoms with E-state index in [1.807, 2.05) is 0 Å². The minimum atomic E-state index is -1.36. The van der Waals surface area contributed by atoms with Gasteiger partial charge < -0.3 is 4.74 Å². The number of hydrogen-bond donors (Lipinski definition) is 0. The second-order valence-electron chi connectivity index (χ2n) is 6.08. The average Bonchev–Trinajstić information content (AvgIpc) is 2.64. The summed E-state index contributed by atoms with van der Waals surface area (Å²) in [4.78, 5) is 0. The van der Waals surface area contributed by atoms with Gasteiger partial charge in [-0.15, -0.1) is 0 Å². The van der Waals surface area contributed by atoms with Crippen LogP contribution in [0.1, 0.15) is 31.9 Å². The van der Waals surface area contributed by atoms with Gasteiger partial charge in [0.05, 0.1) is 15.2 Å². The molecule has 0 fully saturated rings. The van der Waals surface area contributed by atoms with E-state index in [-0.39, 0.29) is 0 Å². The average molecular weight is 325 g/mol. The topological polar surface area (TPSA) is 9.23 Å². The monoisotopic (exact) mass is 324 g/mol. The Balaban J connectivity index is 2.55. The van der Waals surface area contributed by atoms with Crippen LogP contribution in [-0.4, -0.2) is 15.2 Å². The summed E-state index contributed by atoms with van der Waals surface area (Å²) in [5.41, 5.74) is 6.60. The maximum Gasteiger partial charge on any atom is 0.118 e. The third kappa shape index (κ3) is 4.14. The van der Waals surface area contributed by atoms with E-state index in [9.17, 15) is 0 Å². The molecular formula is C21H28OSi. The van der Waals surface area contributed by atoms with Gasteiger partial charge in [0, 0.05) is 0 Å². The van der Waals surface area contributed by atoms with Crippen molar-refractivity contribution >= 4 is 13.6 Å². The summed E-state index contributed by atoms with van der Waals surface area (Å²) in [6.45, 7) is 7.06. The van der Waals surface area contributed by atoms with Gasteiger partial charge in [-0.2, -0.15) is 0 Å². The lowest BCUT2D eigenvalue weighted by atomic mass is 10.00. The van der Waals surface area contributed by atoms with E-state index >= 15 is 0 Å². The molecule has 2 aromatic rings. The van der Waals surface area contributed by atoms with Crippen LogP contribution < -0.4 is 4.74 Å². The Hall–Kier alpha value is -1.80. The fourth-order valence-electron chi connectivity index (χ4n) is 3.08. The second-order valence-corrected chi connectivity index (χ2v) is 11.2. The van der Waals surface area contributed by atoms with Crippen molar-refractivity contribution in [3.8, 4) is 5.75 Å². The molecule has 0 bridgehead atoms. The van der Waals surface area contributed by atoms with Crippen LogP contribution in [0.5, 0.6) is 5.75 Å². The van der Waals surface area contributed by atoms with Gasteiger partial charge in [-0.05, 0) is 28.8 Å². The van der Waals surface area contributed by atoms with Crippen molar-refractivity contribution in [1.29, 1.82) is 0 Å². The first-order valence-corrected chi connectivity index (χ1v) is 11.3. The highest BCUT2D eigenvalue weighted by Crippen LogP contribution is 2.31. The number of ether oxygens (including phenoxy) is 1. The van der Waals surface area contributed by atoms with Gasteiger partial charge in [-0.1, -0.05) is 87.1 Å². The van der Waals surface area contributed by atoms with Gasteiger partial charge in [0.1, 0.15) is 5.75 Å². The Bertz CT molecular complexity index is 616. The van der Waals surface area contributed by atoms with E-state index in [0.717, 1.165) is 5.75 Å². The van der Waals surface area contributed by atoms with Crippen molar-refractivity contribution in [2.45, 2.75) is 38.9 Å². The lowest BCUT2D eigenvalue weighted by Gasteiger charge is -2.26. The maximum absolute atomic E-state index is 5.31. The van der Waals surface area contributed by atoms with Crippen LogP contribution in [0.25, 0.3) is 5.57 Å². The smallest absolute Gasteiger partial charge is 0.118 e. The molecule has 0 radical (unpaired) electrons. The van der Waals surface area contributed by atoms with E-state index < -0.39 is 8.07 Å². The van der Waals surface area contributed by atoms with Gasteiger partial charge in [-0.25, -0.2) is 0 Å². The Morgan fingerprint density at radius 2 is 1.35 bits per heavy atom. The Labute approximate surface area is 142 Å². The molecule has 0 aliphatic rings. The van der Waals surface area contributed by atoms with Crippen LogP contribution in [0.4, 0.5) is 0 Å². The summed E-state index contributed by atoms with van der Waals surface area (Å²) in [5, 5.41) is 0. The molecule has 0 aliphatic heterocycles. The standard InChI is InChI=1S/C21H28OSi/c1-5-23(6-2,7-3)17-21(18-11-9-8-10-12-18)19-13-15-20(22-4)16-14-19/h8-17H,5-7H2,1-4H3/b21-17-. The summed E-state index contributed by atoms with van der Waals surface area (Å²) in [5.74, 6) is 0.908. The molecule has 2 rings (SSSR count). The molecule has 0 spiro atoms. The summed E-state index contributed by atoms with van der Waals surface area (Å²) >= 11 is 0. The van der Waals surface area contributed by atoms with E-state index in [2.05, 4.69) is 81.1 Å². The number of benzene rings is 2. The van der Waals surface area contributed by atoms with Crippen molar-refractivity contribution in [3.05, 3.63) is 71.4 Å². The highest BCUT2D eigenvalue weighted by molar-refractivity contribution is 6.85. The number of rotatable bonds is 7. The second kappa shape index (κ2) is 8.16. The molecule has 0 saturated carbocycles. The zero-order chi connectivity index (χ0) is 16.7. The first kappa shape index (κ1) is 17.5. The molecule has 2 aromatic carbocycles. The quantitative estimate of drug-likeness (QED) is 0.553. The highest BCUT2D eigenvalue weighted by Gasteiger charge is 2.25. The fraction of sp³-hybridized carbons (Fsp3) is 0.333. The third-order valence-electron chi connectivity index (χ3n) is 5.05. The molecule has 23 heavy (non-hydrogen) atoms. The lowest BCUT2D eigenvalue weighted by Crippen LogP contribution is -2.29. The molecule has 122 valence electrons. The van der Waals surface area contributed by atoms with Crippen LogP contribution in [-0.2, 0) is 0 Å². The van der Waals surface area contributed by atoms with Crippen molar-refractivity contribution in [1.82, 2.24) is 0 Å². The van der Waals surface area contributed by atoms with Crippen molar-refractivity contribution < 1.29 is 4.74 Å².